The highest BCUT2D eigenvalue weighted by Crippen LogP contribution is 2.23. The molecule has 60 valence electrons. The minimum absolute atomic E-state index is 0.169. The van der Waals surface area contributed by atoms with Crippen molar-refractivity contribution in [1.82, 2.24) is 9.97 Å². The summed E-state index contributed by atoms with van der Waals surface area (Å²) in [5.74, 6) is 0.169. The lowest BCUT2D eigenvalue weighted by Gasteiger charge is -1.94. The zero-order valence-corrected chi connectivity index (χ0v) is 6.95. The zero-order valence-electron chi connectivity index (χ0n) is 6.14. The number of hydrogen-bond acceptors (Lipinski definition) is 4. The van der Waals surface area contributed by atoms with Crippen LogP contribution in [0.2, 0.25) is 0 Å². The van der Waals surface area contributed by atoms with Crippen molar-refractivity contribution in [3.63, 3.8) is 0 Å². The summed E-state index contributed by atoms with van der Waals surface area (Å²) in [5.41, 5.74) is 0.852. The van der Waals surface area contributed by atoms with E-state index in [0.29, 0.717) is 0 Å². The van der Waals surface area contributed by atoms with Crippen LogP contribution in [0.3, 0.4) is 0 Å². The van der Waals surface area contributed by atoms with Crippen molar-refractivity contribution in [3.8, 4) is 16.3 Å². The molecule has 0 spiro atoms. The second kappa shape index (κ2) is 2.91. The van der Waals surface area contributed by atoms with Gasteiger partial charge in [-0.1, -0.05) is 0 Å². The van der Waals surface area contributed by atoms with E-state index in [4.69, 9.17) is 5.11 Å². The number of nitrogens with zero attached hydrogens (tertiary/aromatic N) is 2. The fourth-order valence-electron chi connectivity index (χ4n) is 0.911. The summed E-state index contributed by atoms with van der Waals surface area (Å²) in [6.07, 6.45) is 4.81. The maximum absolute atomic E-state index is 9.13. The van der Waals surface area contributed by atoms with E-state index >= 15 is 0 Å². The average molecular weight is 178 g/mol. The summed E-state index contributed by atoms with van der Waals surface area (Å²) < 4.78 is 0. The SMILES string of the molecule is Oc1cncc(-c2nccs2)c1. The quantitative estimate of drug-likeness (QED) is 0.725. The molecule has 2 aromatic rings. The molecule has 0 aliphatic rings. The molecule has 0 unspecified atom stereocenters. The van der Waals surface area contributed by atoms with Gasteiger partial charge >= 0.3 is 0 Å². The van der Waals surface area contributed by atoms with E-state index in [1.807, 2.05) is 5.38 Å². The Morgan fingerprint density at radius 2 is 2.25 bits per heavy atom. The van der Waals surface area contributed by atoms with E-state index in [1.165, 1.54) is 17.5 Å². The lowest BCUT2D eigenvalue weighted by molar-refractivity contribution is 0.473. The third-order valence-electron chi connectivity index (χ3n) is 1.40. The normalized spacial score (nSPS) is 10.0. The molecular weight excluding hydrogens is 172 g/mol. The Hall–Kier alpha value is -1.42. The van der Waals surface area contributed by atoms with Crippen LogP contribution in [-0.4, -0.2) is 15.1 Å². The Balaban J connectivity index is 2.48. The van der Waals surface area contributed by atoms with Crippen LogP contribution < -0.4 is 0 Å². The maximum atomic E-state index is 9.13. The maximum Gasteiger partial charge on any atom is 0.134 e. The van der Waals surface area contributed by atoms with Crippen LogP contribution in [0.5, 0.6) is 5.75 Å². The molecule has 0 radical (unpaired) electrons. The molecule has 0 bridgehead atoms. The molecule has 2 heterocycles. The fourth-order valence-corrected chi connectivity index (χ4v) is 1.53. The van der Waals surface area contributed by atoms with E-state index < -0.39 is 0 Å². The minimum Gasteiger partial charge on any atom is -0.506 e. The van der Waals surface area contributed by atoms with Crippen molar-refractivity contribution in [1.29, 1.82) is 0 Å². The van der Waals surface area contributed by atoms with Crippen LogP contribution in [0.15, 0.2) is 30.0 Å². The Bertz CT molecular complexity index is 372. The fraction of sp³-hybridized carbons (Fsp3) is 0. The smallest absolute Gasteiger partial charge is 0.134 e. The topological polar surface area (TPSA) is 46.0 Å². The van der Waals surface area contributed by atoms with E-state index in [9.17, 15) is 0 Å². The lowest BCUT2D eigenvalue weighted by Crippen LogP contribution is -1.77. The first-order valence-electron chi connectivity index (χ1n) is 3.40. The monoisotopic (exact) mass is 178 g/mol. The summed E-state index contributed by atoms with van der Waals surface area (Å²) in [5, 5.41) is 11.9. The Morgan fingerprint density at radius 1 is 1.33 bits per heavy atom. The molecule has 4 heteroatoms. The molecule has 0 aliphatic carbocycles. The third-order valence-corrected chi connectivity index (χ3v) is 2.23. The molecule has 0 amide bonds. The number of aromatic hydroxyl groups is 1. The van der Waals surface area contributed by atoms with Crippen LogP contribution in [0.25, 0.3) is 10.6 Å². The third kappa shape index (κ3) is 1.29. The Kier molecular flexibility index (Phi) is 1.75. The molecule has 0 aliphatic heterocycles. The Labute approximate surface area is 73.4 Å². The highest BCUT2D eigenvalue weighted by atomic mass is 32.1. The number of pyridine rings is 1. The molecule has 0 atom stereocenters. The van der Waals surface area contributed by atoms with Gasteiger partial charge in [0.05, 0.1) is 6.20 Å². The van der Waals surface area contributed by atoms with Crippen LogP contribution in [-0.2, 0) is 0 Å². The first kappa shape index (κ1) is 7.24. The molecule has 3 nitrogen and oxygen atoms in total. The minimum atomic E-state index is 0.169. The van der Waals surface area contributed by atoms with Gasteiger partial charge < -0.3 is 5.11 Å². The van der Waals surface area contributed by atoms with Crippen molar-refractivity contribution < 1.29 is 5.11 Å². The van der Waals surface area contributed by atoms with Crippen molar-refractivity contribution >= 4 is 11.3 Å². The van der Waals surface area contributed by atoms with Crippen LogP contribution in [0.1, 0.15) is 0 Å². The molecule has 0 saturated heterocycles. The Morgan fingerprint density at radius 3 is 2.92 bits per heavy atom. The number of thiazole rings is 1. The number of hydrogen-bond donors (Lipinski definition) is 1. The van der Waals surface area contributed by atoms with Gasteiger partial charge in [-0.3, -0.25) is 4.98 Å². The van der Waals surface area contributed by atoms with E-state index in [0.717, 1.165) is 10.6 Å². The van der Waals surface area contributed by atoms with Crippen LogP contribution in [0, 0.1) is 0 Å². The van der Waals surface area contributed by atoms with Gasteiger partial charge in [0.1, 0.15) is 10.8 Å². The second-order valence-electron chi connectivity index (χ2n) is 2.27. The largest absolute Gasteiger partial charge is 0.506 e. The van der Waals surface area contributed by atoms with E-state index in [2.05, 4.69) is 9.97 Å². The van der Waals surface area contributed by atoms with Crippen molar-refractivity contribution in [2.45, 2.75) is 0 Å². The first-order chi connectivity index (χ1) is 5.86. The molecule has 0 saturated carbocycles. The molecule has 12 heavy (non-hydrogen) atoms. The predicted octanol–water partition coefficient (Wildman–Crippen LogP) is 1.91. The van der Waals surface area contributed by atoms with Gasteiger partial charge in [-0.05, 0) is 6.07 Å². The molecular formula is C8H6N2OS. The van der Waals surface area contributed by atoms with Crippen LogP contribution >= 0.6 is 11.3 Å². The summed E-state index contributed by atoms with van der Waals surface area (Å²) >= 11 is 1.52. The number of aromatic nitrogens is 2. The van der Waals surface area contributed by atoms with Crippen LogP contribution in [0.4, 0.5) is 0 Å². The summed E-state index contributed by atoms with van der Waals surface area (Å²) in [6.45, 7) is 0. The van der Waals surface area contributed by atoms with Gasteiger partial charge in [0.15, 0.2) is 0 Å². The molecule has 2 aromatic heterocycles. The van der Waals surface area contributed by atoms with Gasteiger partial charge in [-0.2, -0.15) is 0 Å². The van der Waals surface area contributed by atoms with Crippen molar-refractivity contribution in [2.75, 3.05) is 0 Å². The van der Waals surface area contributed by atoms with E-state index in [-0.39, 0.29) is 5.75 Å². The van der Waals surface area contributed by atoms with Gasteiger partial charge in [0.25, 0.3) is 0 Å². The van der Waals surface area contributed by atoms with Gasteiger partial charge in [-0.25, -0.2) is 4.98 Å². The second-order valence-corrected chi connectivity index (χ2v) is 3.16. The summed E-state index contributed by atoms with van der Waals surface area (Å²) in [7, 11) is 0. The summed E-state index contributed by atoms with van der Waals surface area (Å²) in [6, 6.07) is 1.64. The molecule has 1 N–H and O–H groups in total. The molecule has 0 aromatic carbocycles. The van der Waals surface area contributed by atoms with Crippen molar-refractivity contribution in [2.24, 2.45) is 0 Å². The van der Waals surface area contributed by atoms with Gasteiger partial charge in [-0.15, -0.1) is 11.3 Å². The standard InChI is InChI=1S/C8H6N2OS/c11-7-3-6(4-9-5-7)8-10-1-2-12-8/h1-5,11H. The van der Waals surface area contributed by atoms with Gasteiger partial charge in [0, 0.05) is 23.3 Å². The lowest BCUT2D eigenvalue weighted by atomic mass is 10.3. The first-order valence-corrected chi connectivity index (χ1v) is 4.28. The van der Waals surface area contributed by atoms with E-state index in [1.54, 1.807) is 18.5 Å². The van der Waals surface area contributed by atoms with Crippen molar-refractivity contribution in [3.05, 3.63) is 30.0 Å². The van der Waals surface area contributed by atoms with Gasteiger partial charge in [0.2, 0.25) is 0 Å². The molecule has 2 rings (SSSR count). The zero-order chi connectivity index (χ0) is 8.39. The molecule has 0 fully saturated rings. The number of rotatable bonds is 1. The highest BCUT2D eigenvalue weighted by molar-refractivity contribution is 7.13. The highest BCUT2D eigenvalue weighted by Gasteiger charge is 2.00. The predicted molar refractivity (Wildman–Crippen MR) is 47.0 cm³/mol. The average Bonchev–Trinajstić information content (AvgIpc) is 2.56. The summed E-state index contributed by atoms with van der Waals surface area (Å²) in [4.78, 5) is 7.95.